The highest BCUT2D eigenvalue weighted by molar-refractivity contribution is 5.92. The number of aromatic nitrogens is 5. The Labute approximate surface area is 239 Å². The molecule has 0 aliphatic heterocycles. The van der Waals surface area contributed by atoms with Crippen molar-refractivity contribution in [3.8, 4) is 11.4 Å². The lowest BCUT2D eigenvalue weighted by Crippen LogP contribution is -2.33. The molecule has 11 heteroatoms. The number of rotatable bonds is 14. The molecule has 1 saturated carbocycles. The van der Waals surface area contributed by atoms with E-state index in [-0.39, 0.29) is 11.9 Å². The number of nitrogens with one attached hydrogen (secondary N) is 1. The second kappa shape index (κ2) is 14.0. The van der Waals surface area contributed by atoms with E-state index in [1.54, 1.807) is 11.1 Å². The SMILES string of the molecule is CCOCCOCCOCCN(C)C(=O)C[C@H]1CCC[C@@H](n2ccc3cnc(-c4c[nH]c5ncc(F)cc45)nc32)C1. The molecule has 0 spiro atoms. The van der Waals surface area contributed by atoms with Crippen LogP contribution in [0.15, 0.2) is 36.9 Å². The highest BCUT2D eigenvalue weighted by atomic mass is 19.1. The molecule has 2 atom stereocenters. The number of halogens is 1. The quantitative estimate of drug-likeness (QED) is 0.219. The van der Waals surface area contributed by atoms with Gasteiger partial charge in [-0.05, 0) is 44.2 Å². The van der Waals surface area contributed by atoms with Gasteiger partial charge in [-0.2, -0.15) is 0 Å². The maximum atomic E-state index is 13.9. The Balaban J connectivity index is 1.15. The fraction of sp³-hybridized carbons (Fsp3) is 0.533. The molecule has 1 aliphatic carbocycles. The number of H-pyrrole nitrogens is 1. The third-order valence-corrected chi connectivity index (χ3v) is 7.75. The Hall–Kier alpha value is -3.41. The van der Waals surface area contributed by atoms with Gasteiger partial charge in [-0.1, -0.05) is 6.42 Å². The summed E-state index contributed by atoms with van der Waals surface area (Å²) in [4.78, 5) is 31.4. The van der Waals surface area contributed by atoms with Crippen molar-refractivity contribution in [2.24, 2.45) is 5.92 Å². The number of nitrogens with zero attached hydrogens (tertiary/aromatic N) is 5. The summed E-state index contributed by atoms with van der Waals surface area (Å²) in [6, 6.07) is 3.73. The summed E-state index contributed by atoms with van der Waals surface area (Å²) in [5, 5.41) is 1.61. The van der Waals surface area contributed by atoms with Crippen LogP contribution in [-0.2, 0) is 19.0 Å². The van der Waals surface area contributed by atoms with E-state index in [0.29, 0.717) is 75.4 Å². The van der Waals surface area contributed by atoms with Crippen LogP contribution in [0.4, 0.5) is 4.39 Å². The van der Waals surface area contributed by atoms with E-state index in [1.165, 1.54) is 12.3 Å². The van der Waals surface area contributed by atoms with E-state index >= 15 is 0 Å². The van der Waals surface area contributed by atoms with Gasteiger partial charge in [0.1, 0.15) is 17.1 Å². The Morgan fingerprint density at radius 3 is 2.76 bits per heavy atom. The second-order valence-electron chi connectivity index (χ2n) is 10.6. The third-order valence-electron chi connectivity index (χ3n) is 7.75. The second-order valence-corrected chi connectivity index (χ2v) is 10.6. The lowest BCUT2D eigenvalue weighted by molar-refractivity contribution is -0.132. The maximum absolute atomic E-state index is 13.9. The lowest BCUT2D eigenvalue weighted by Gasteiger charge is -2.31. The van der Waals surface area contributed by atoms with Crippen LogP contribution in [0, 0.1) is 11.7 Å². The molecule has 1 fully saturated rings. The average Bonchev–Trinajstić information content (AvgIpc) is 3.60. The van der Waals surface area contributed by atoms with Gasteiger partial charge in [0.05, 0.1) is 39.2 Å². The van der Waals surface area contributed by atoms with Crippen LogP contribution in [0.2, 0.25) is 0 Å². The largest absolute Gasteiger partial charge is 0.379 e. The summed E-state index contributed by atoms with van der Waals surface area (Å²) in [5.41, 5.74) is 2.16. The number of pyridine rings is 1. The minimum Gasteiger partial charge on any atom is -0.379 e. The number of amides is 1. The molecule has 41 heavy (non-hydrogen) atoms. The van der Waals surface area contributed by atoms with E-state index in [0.717, 1.165) is 42.3 Å². The molecule has 0 unspecified atom stereocenters. The molecule has 10 nitrogen and oxygen atoms in total. The van der Waals surface area contributed by atoms with Crippen molar-refractivity contribution in [3.05, 3.63) is 42.7 Å². The Morgan fingerprint density at radius 2 is 1.93 bits per heavy atom. The third kappa shape index (κ3) is 7.27. The number of aromatic amines is 1. The van der Waals surface area contributed by atoms with Crippen LogP contribution in [-0.4, -0.2) is 88.5 Å². The fourth-order valence-electron chi connectivity index (χ4n) is 5.54. The molecule has 4 aromatic rings. The predicted molar refractivity (Wildman–Crippen MR) is 154 cm³/mol. The monoisotopic (exact) mass is 566 g/mol. The minimum atomic E-state index is -0.401. The maximum Gasteiger partial charge on any atom is 0.222 e. The standard InChI is InChI=1S/C30H39FN6O4/c1-3-39-11-12-41-14-13-40-10-9-36(2)27(38)16-21-5-4-6-24(15-21)37-8-7-22-18-32-29(35-30(22)37)26-20-34-28-25(26)17-23(31)19-33-28/h7-8,17-21,24H,3-6,9-16H2,1-2H3,(H,33,34)/t21-,24+/m0/s1. The van der Waals surface area contributed by atoms with Crippen LogP contribution in [0.25, 0.3) is 33.5 Å². The predicted octanol–water partition coefficient (Wildman–Crippen LogP) is 4.76. The van der Waals surface area contributed by atoms with E-state index in [9.17, 15) is 9.18 Å². The molecule has 4 aromatic heterocycles. The number of hydrogen-bond acceptors (Lipinski definition) is 7. The Morgan fingerprint density at radius 1 is 1.12 bits per heavy atom. The molecule has 0 radical (unpaired) electrons. The molecule has 5 rings (SSSR count). The van der Waals surface area contributed by atoms with Gasteiger partial charge < -0.3 is 28.7 Å². The summed E-state index contributed by atoms with van der Waals surface area (Å²) < 4.78 is 32.4. The van der Waals surface area contributed by atoms with Crippen molar-refractivity contribution in [2.75, 3.05) is 53.2 Å². The van der Waals surface area contributed by atoms with Crippen LogP contribution >= 0.6 is 0 Å². The zero-order valence-electron chi connectivity index (χ0n) is 23.9. The molecule has 1 amide bonds. The molecule has 0 aromatic carbocycles. The lowest BCUT2D eigenvalue weighted by atomic mass is 9.83. The first-order chi connectivity index (χ1) is 20.0. The first kappa shape index (κ1) is 29.1. The van der Waals surface area contributed by atoms with Gasteiger partial charge in [-0.25, -0.2) is 19.3 Å². The van der Waals surface area contributed by atoms with Gasteiger partial charge in [0.2, 0.25) is 5.91 Å². The van der Waals surface area contributed by atoms with E-state index in [2.05, 4.69) is 25.7 Å². The molecule has 220 valence electrons. The number of fused-ring (bicyclic) bond motifs is 2. The molecule has 0 saturated heterocycles. The first-order valence-electron chi connectivity index (χ1n) is 14.5. The van der Waals surface area contributed by atoms with E-state index in [1.807, 2.05) is 26.2 Å². The van der Waals surface area contributed by atoms with Gasteiger partial charge in [0.15, 0.2) is 5.82 Å². The minimum absolute atomic E-state index is 0.148. The topological polar surface area (TPSA) is 107 Å². The molecule has 4 heterocycles. The summed E-state index contributed by atoms with van der Waals surface area (Å²) in [6.07, 6.45) is 11.4. The fourth-order valence-corrected chi connectivity index (χ4v) is 5.54. The smallest absolute Gasteiger partial charge is 0.222 e. The summed E-state index contributed by atoms with van der Waals surface area (Å²) >= 11 is 0. The Kier molecular flexibility index (Phi) is 9.92. The van der Waals surface area contributed by atoms with E-state index < -0.39 is 5.82 Å². The van der Waals surface area contributed by atoms with Crippen molar-refractivity contribution in [1.29, 1.82) is 0 Å². The number of ether oxygens (including phenoxy) is 3. The highest BCUT2D eigenvalue weighted by Crippen LogP contribution is 2.37. The van der Waals surface area contributed by atoms with Crippen LogP contribution in [0.3, 0.4) is 0 Å². The number of carbonyl (C=O) groups excluding carboxylic acids is 1. The van der Waals surface area contributed by atoms with Crippen LogP contribution in [0.1, 0.15) is 45.1 Å². The van der Waals surface area contributed by atoms with Gasteiger partial charge >= 0.3 is 0 Å². The van der Waals surface area contributed by atoms with Crippen molar-refractivity contribution in [1.82, 2.24) is 29.4 Å². The van der Waals surface area contributed by atoms with Crippen molar-refractivity contribution >= 4 is 28.0 Å². The normalized spacial score (nSPS) is 17.4. The van der Waals surface area contributed by atoms with Crippen molar-refractivity contribution < 1.29 is 23.4 Å². The van der Waals surface area contributed by atoms with Crippen molar-refractivity contribution in [2.45, 2.75) is 45.1 Å². The van der Waals surface area contributed by atoms with Crippen molar-refractivity contribution in [3.63, 3.8) is 0 Å². The number of hydrogen-bond donors (Lipinski definition) is 1. The van der Waals surface area contributed by atoms with E-state index in [4.69, 9.17) is 19.2 Å². The molecular formula is C30H39FN6O4. The molecule has 0 bridgehead atoms. The van der Waals surface area contributed by atoms with Crippen LogP contribution < -0.4 is 0 Å². The van der Waals surface area contributed by atoms with Gasteiger partial charge in [-0.3, -0.25) is 4.79 Å². The van der Waals surface area contributed by atoms with Gasteiger partial charge in [-0.15, -0.1) is 0 Å². The zero-order chi connectivity index (χ0) is 28.6. The molecule has 1 N–H and O–H groups in total. The van der Waals surface area contributed by atoms with Gasteiger partial charge in [0, 0.05) is 67.6 Å². The number of likely N-dealkylation sites (N-methyl/N-ethyl adjacent to an activating group) is 1. The Bertz CT molecular complexity index is 1440. The molecule has 1 aliphatic rings. The zero-order valence-corrected chi connectivity index (χ0v) is 23.9. The summed E-state index contributed by atoms with van der Waals surface area (Å²) in [5.74, 6) is 0.584. The summed E-state index contributed by atoms with van der Waals surface area (Å²) in [7, 11) is 1.84. The van der Waals surface area contributed by atoms with Crippen LogP contribution in [0.5, 0.6) is 0 Å². The summed E-state index contributed by atoms with van der Waals surface area (Å²) in [6.45, 7) is 5.87. The molecular weight excluding hydrogens is 527 g/mol. The first-order valence-corrected chi connectivity index (χ1v) is 14.5. The van der Waals surface area contributed by atoms with Gasteiger partial charge in [0.25, 0.3) is 0 Å². The average molecular weight is 567 g/mol. The number of carbonyl (C=O) groups is 1. The highest BCUT2D eigenvalue weighted by Gasteiger charge is 2.27.